The summed E-state index contributed by atoms with van der Waals surface area (Å²) < 4.78 is 4.94. The summed E-state index contributed by atoms with van der Waals surface area (Å²) >= 11 is 0. The summed E-state index contributed by atoms with van der Waals surface area (Å²) in [6.07, 6.45) is 2.89. The maximum Gasteiger partial charge on any atom is 0.340 e. The van der Waals surface area contributed by atoms with Crippen molar-refractivity contribution in [2.75, 3.05) is 25.5 Å². The molecule has 1 heterocycles. The maximum atomic E-state index is 12.1. The Morgan fingerprint density at radius 3 is 2.65 bits per heavy atom. The van der Waals surface area contributed by atoms with Gasteiger partial charge < -0.3 is 15.0 Å². The maximum absolute atomic E-state index is 12.1. The third-order valence-corrected chi connectivity index (χ3v) is 3.70. The monoisotopic (exact) mass is 355 g/mol. The van der Waals surface area contributed by atoms with Gasteiger partial charge in [0.2, 0.25) is 5.91 Å². The van der Waals surface area contributed by atoms with E-state index in [1.54, 1.807) is 12.1 Å². The number of anilines is 1. The molecule has 0 fully saturated rings. The minimum absolute atomic E-state index is 0.142. The highest BCUT2D eigenvalue weighted by molar-refractivity contribution is 5.96. The Kier molecular flexibility index (Phi) is 6.43. The Bertz CT molecular complexity index is 806. The fourth-order valence-electron chi connectivity index (χ4n) is 2.17. The zero-order valence-electron chi connectivity index (χ0n) is 15.0. The molecule has 0 saturated carbocycles. The van der Waals surface area contributed by atoms with Crippen molar-refractivity contribution in [2.24, 2.45) is 0 Å². The van der Waals surface area contributed by atoms with Crippen LogP contribution in [0.1, 0.15) is 21.5 Å². The molecule has 2 rings (SSSR count). The highest BCUT2D eigenvalue weighted by Gasteiger charge is 2.16. The van der Waals surface area contributed by atoms with Crippen LogP contribution in [0.5, 0.6) is 0 Å². The van der Waals surface area contributed by atoms with Crippen LogP contribution in [0, 0.1) is 13.8 Å². The Labute approximate surface area is 152 Å². The number of aryl methyl sites for hydroxylation is 2. The van der Waals surface area contributed by atoms with Gasteiger partial charge in [0.05, 0.1) is 12.1 Å². The van der Waals surface area contributed by atoms with Crippen LogP contribution in [0.25, 0.3) is 0 Å². The third kappa shape index (κ3) is 5.41. The zero-order chi connectivity index (χ0) is 19.1. The van der Waals surface area contributed by atoms with Crippen LogP contribution in [0.3, 0.4) is 0 Å². The van der Waals surface area contributed by atoms with Crippen molar-refractivity contribution in [2.45, 2.75) is 13.8 Å². The van der Waals surface area contributed by atoms with Gasteiger partial charge in [-0.05, 0) is 43.2 Å². The van der Waals surface area contributed by atoms with Crippen molar-refractivity contribution < 1.29 is 19.1 Å². The third-order valence-electron chi connectivity index (χ3n) is 3.70. The summed E-state index contributed by atoms with van der Waals surface area (Å²) in [6, 6.07) is 8.88. The first kappa shape index (κ1) is 19.1. The fraction of sp³-hybridized carbons (Fsp3) is 0.263. The number of esters is 1. The molecule has 1 aromatic carbocycles. The number of amides is 2. The van der Waals surface area contributed by atoms with Crippen molar-refractivity contribution in [1.29, 1.82) is 0 Å². The molecule has 26 heavy (non-hydrogen) atoms. The SMILES string of the molecule is Cc1ccc(C)c(NC(=O)CN(C)C(=O)COC(=O)c2cccnc2)c1. The molecule has 0 bridgehead atoms. The predicted molar refractivity (Wildman–Crippen MR) is 96.7 cm³/mol. The van der Waals surface area contributed by atoms with E-state index < -0.39 is 18.5 Å². The molecule has 0 unspecified atom stereocenters. The molecule has 0 atom stereocenters. The molecule has 0 spiro atoms. The molecule has 2 aromatic rings. The Balaban J connectivity index is 1.83. The second-order valence-corrected chi connectivity index (χ2v) is 5.93. The number of rotatable bonds is 6. The number of aromatic nitrogens is 1. The largest absolute Gasteiger partial charge is 0.452 e. The molecule has 0 aliphatic heterocycles. The smallest absolute Gasteiger partial charge is 0.340 e. The lowest BCUT2D eigenvalue weighted by molar-refractivity contribution is -0.136. The first-order chi connectivity index (χ1) is 12.4. The van der Waals surface area contributed by atoms with Gasteiger partial charge in [-0.2, -0.15) is 0 Å². The van der Waals surface area contributed by atoms with E-state index in [1.807, 2.05) is 32.0 Å². The normalized spacial score (nSPS) is 10.1. The molecule has 1 N–H and O–H groups in total. The van der Waals surface area contributed by atoms with E-state index >= 15 is 0 Å². The number of carbonyl (C=O) groups is 3. The Morgan fingerprint density at radius 1 is 1.19 bits per heavy atom. The van der Waals surface area contributed by atoms with Crippen LogP contribution in [-0.4, -0.2) is 47.9 Å². The van der Waals surface area contributed by atoms with Gasteiger partial charge in [0.25, 0.3) is 5.91 Å². The molecule has 136 valence electrons. The van der Waals surface area contributed by atoms with E-state index in [-0.39, 0.29) is 18.0 Å². The van der Waals surface area contributed by atoms with E-state index in [0.717, 1.165) is 11.1 Å². The number of ether oxygens (including phenoxy) is 1. The average Bonchev–Trinajstić information content (AvgIpc) is 2.63. The van der Waals surface area contributed by atoms with Crippen molar-refractivity contribution in [3.05, 3.63) is 59.4 Å². The first-order valence-electron chi connectivity index (χ1n) is 8.05. The summed E-state index contributed by atoms with van der Waals surface area (Å²) in [4.78, 5) is 41.0. The number of pyridine rings is 1. The highest BCUT2D eigenvalue weighted by Crippen LogP contribution is 2.16. The minimum Gasteiger partial charge on any atom is -0.452 e. The molecule has 0 aliphatic carbocycles. The van der Waals surface area contributed by atoms with Gasteiger partial charge in [-0.1, -0.05) is 12.1 Å². The standard InChI is InChI=1S/C19H21N3O4/c1-13-6-7-14(2)16(9-13)21-17(23)11-22(3)18(24)12-26-19(25)15-5-4-8-20-10-15/h4-10H,11-12H2,1-3H3,(H,21,23). The molecule has 0 radical (unpaired) electrons. The topological polar surface area (TPSA) is 88.6 Å². The predicted octanol–water partition coefficient (Wildman–Crippen LogP) is 1.95. The lowest BCUT2D eigenvalue weighted by atomic mass is 10.1. The van der Waals surface area contributed by atoms with Gasteiger partial charge in [-0.3, -0.25) is 14.6 Å². The van der Waals surface area contributed by atoms with E-state index in [4.69, 9.17) is 4.74 Å². The second-order valence-electron chi connectivity index (χ2n) is 5.93. The van der Waals surface area contributed by atoms with E-state index in [0.29, 0.717) is 5.69 Å². The lowest BCUT2D eigenvalue weighted by Gasteiger charge is -2.17. The van der Waals surface area contributed by atoms with Crippen molar-refractivity contribution >= 4 is 23.5 Å². The number of nitrogens with zero attached hydrogens (tertiary/aromatic N) is 2. The minimum atomic E-state index is -0.639. The molecular formula is C19H21N3O4. The van der Waals surface area contributed by atoms with Crippen molar-refractivity contribution in [1.82, 2.24) is 9.88 Å². The van der Waals surface area contributed by atoms with Crippen molar-refractivity contribution in [3.63, 3.8) is 0 Å². The molecule has 0 saturated heterocycles. The highest BCUT2D eigenvalue weighted by atomic mass is 16.5. The Hall–Kier alpha value is -3.22. The van der Waals surface area contributed by atoms with E-state index in [1.165, 1.54) is 24.3 Å². The summed E-state index contributed by atoms with van der Waals surface area (Å²) in [6.45, 7) is 3.24. The van der Waals surface area contributed by atoms with Crippen LogP contribution >= 0.6 is 0 Å². The summed E-state index contributed by atoms with van der Waals surface area (Å²) in [5, 5.41) is 2.78. The summed E-state index contributed by atoms with van der Waals surface area (Å²) in [7, 11) is 1.48. The van der Waals surface area contributed by atoms with Crippen LogP contribution in [0.15, 0.2) is 42.7 Å². The second kappa shape index (κ2) is 8.75. The molecule has 7 nitrogen and oxygen atoms in total. The van der Waals surface area contributed by atoms with Gasteiger partial charge in [0.1, 0.15) is 0 Å². The van der Waals surface area contributed by atoms with Gasteiger partial charge in [-0.15, -0.1) is 0 Å². The van der Waals surface area contributed by atoms with Crippen LogP contribution < -0.4 is 5.32 Å². The zero-order valence-corrected chi connectivity index (χ0v) is 15.0. The van der Waals surface area contributed by atoms with Crippen LogP contribution in [0.2, 0.25) is 0 Å². The number of hydrogen-bond donors (Lipinski definition) is 1. The summed E-state index contributed by atoms with van der Waals surface area (Å²) in [5.41, 5.74) is 2.93. The van der Waals surface area contributed by atoms with Crippen molar-refractivity contribution in [3.8, 4) is 0 Å². The molecule has 0 aliphatic rings. The fourth-order valence-corrected chi connectivity index (χ4v) is 2.17. The van der Waals surface area contributed by atoms with E-state index in [2.05, 4.69) is 10.3 Å². The number of likely N-dealkylation sites (N-methyl/N-ethyl adjacent to an activating group) is 1. The van der Waals surface area contributed by atoms with E-state index in [9.17, 15) is 14.4 Å². The quantitative estimate of drug-likeness (QED) is 0.800. The van der Waals surface area contributed by atoms with Gasteiger partial charge in [0.15, 0.2) is 6.61 Å². The molecular weight excluding hydrogens is 334 g/mol. The molecule has 2 amide bonds. The molecule has 1 aromatic heterocycles. The lowest BCUT2D eigenvalue weighted by Crippen LogP contribution is -2.37. The van der Waals surface area contributed by atoms with Crippen LogP contribution in [0.4, 0.5) is 5.69 Å². The average molecular weight is 355 g/mol. The van der Waals surface area contributed by atoms with Crippen LogP contribution in [-0.2, 0) is 14.3 Å². The number of carbonyl (C=O) groups excluding carboxylic acids is 3. The molecule has 7 heteroatoms. The number of nitrogens with one attached hydrogen (secondary N) is 1. The van der Waals surface area contributed by atoms with Gasteiger partial charge >= 0.3 is 5.97 Å². The Morgan fingerprint density at radius 2 is 1.96 bits per heavy atom. The van der Waals surface area contributed by atoms with Gasteiger partial charge in [-0.25, -0.2) is 4.79 Å². The first-order valence-corrected chi connectivity index (χ1v) is 8.05. The number of hydrogen-bond acceptors (Lipinski definition) is 5. The number of benzene rings is 1. The summed E-state index contributed by atoms with van der Waals surface area (Å²) in [5.74, 6) is -1.44. The van der Waals surface area contributed by atoms with Gasteiger partial charge in [0, 0.05) is 25.1 Å².